The molecule has 2 heterocycles. The van der Waals surface area contributed by atoms with Crippen LogP contribution in [0.15, 0.2) is 47.0 Å². The Kier molecular flexibility index (Phi) is 8.12. The summed E-state index contributed by atoms with van der Waals surface area (Å²) in [6.45, 7) is 15.6. The summed E-state index contributed by atoms with van der Waals surface area (Å²) in [5.41, 5.74) is 4.82. The van der Waals surface area contributed by atoms with Crippen molar-refractivity contribution < 1.29 is 22.3 Å². The lowest BCUT2D eigenvalue weighted by molar-refractivity contribution is -0.120. The fourth-order valence-corrected chi connectivity index (χ4v) is 6.18. The summed E-state index contributed by atoms with van der Waals surface area (Å²) >= 11 is 0. The molecule has 0 bridgehead atoms. The van der Waals surface area contributed by atoms with Gasteiger partial charge in [-0.25, -0.2) is 0 Å². The molecule has 1 fully saturated rings. The number of nitrogens with one attached hydrogen (secondary N) is 1. The molecule has 3 aromatic rings. The van der Waals surface area contributed by atoms with Crippen molar-refractivity contribution in [2.24, 2.45) is 0 Å². The van der Waals surface area contributed by atoms with Crippen LogP contribution in [0.1, 0.15) is 51.3 Å². The van der Waals surface area contributed by atoms with Gasteiger partial charge in [0.2, 0.25) is 11.8 Å². The normalized spacial score (nSPS) is 20.3. The molecular formula is C29H40N4O5S. The van der Waals surface area contributed by atoms with Crippen molar-refractivity contribution in [3.05, 3.63) is 59.2 Å². The lowest BCUT2D eigenvalue weighted by Gasteiger charge is -2.36. The lowest BCUT2D eigenvalue weighted by atomic mass is 9.75. The van der Waals surface area contributed by atoms with Crippen LogP contribution in [0.2, 0.25) is 0 Å². The average molecular weight is 557 g/mol. The zero-order valence-electron chi connectivity index (χ0n) is 23.7. The predicted octanol–water partition coefficient (Wildman–Crippen LogP) is 3.77. The molecule has 5 rings (SSSR count). The molecule has 0 spiro atoms. The summed E-state index contributed by atoms with van der Waals surface area (Å²) in [5.74, 6) is 0.934. The molecule has 1 aliphatic heterocycles. The molecule has 39 heavy (non-hydrogen) atoms. The first-order valence-corrected chi connectivity index (χ1v) is 15.2. The Morgan fingerprint density at radius 1 is 1.05 bits per heavy atom. The van der Waals surface area contributed by atoms with Gasteiger partial charge in [-0.15, -0.1) is 0 Å². The zero-order chi connectivity index (χ0) is 28.6. The number of carbonyl (C=O) groups excluding carboxylic acids is 1. The minimum absolute atomic E-state index is 0.0386. The highest BCUT2D eigenvalue weighted by atomic mass is 32.2. The minimum Gasteiger partial charge on any atom is -0.352 e. The van der Waals surface area contributed by atoms with Crippen molar-refractivity contribution in [2.45, 2.75) is 57.9 Å². The van der Waals surface area contributed by atoms with Crippen LogP contribution in [-0.4, -0.2) is 74.0 Å². The van der Waals surface area contributed by atoms with Crippen LogP contribution in [0.4, 0.5) is 5.88 Å². The zero-order valence-corrected chi connectivity index (χ0v) is 24.5. The maximum atomic E-state index is 11.9. The lowest BCUT2D eigenvalue weighted by Crippen LogP contribution is -2.51. The first-order valence-electron chi connectivity index (χ1n) is 13.3. The molecule has 0 saturated carbocycles. The Morgan fingerprint density at radius 3 is 2.31 bits per heavy atom. The number of piperazine rings is 1. The van der Waals surface area contributed by atoms with E-state index in [4.69, 9.17) is 9.08 Å². The monoisotopic (exact) mass is 556 g/mol. The van der Waals surface area contributed by atoms with E-state index < -0.39 is 10.1 Å². The molecule has 1 atom stereocenters. The van der Waals surface area contributed by atoms with E-state index in [1.54, 1.807) is 6.92 Å². The highest BCUT2D eigenvalue weighted by Gasteiger charge is 2.51. The molecule has 212 valence electrons. The number of benzene rings is 2. The van der Waals surface area contributed by atoms with Gasteiger partial charge in [-0.05, 0) is 35.2 Å². The first kappa shape index (κ1) is 29.0. The van der Waals surface area contributed by atoms with Gasteiger partial charge in [0.25, 0.3) is 10.1 Å². The van der Waals surface area contributed by atoms with Gasteiger partial charge in [0.15, 0.2) is 0 Å². The Morgan fingerprint density at radius 2 is 1.67 bits per heavy atom. The molecule has 1 amide bonds. The molecule has 1 aromatic heterocycles. The Bertz CT molecular complexity index is 1430. The van der Waals surface area contributed by atoms with Crippen LogP contribution >= 0.6 is 0 Å². The number of rotatable bonds is 5. The molecule has 2 aromatic carbocycles. The van der Waals surface area contributed by atoms with E-state index in [9.17, 15) is 13.2 Å². The number of fused-ring (bicyclic) bond motifs is 2. The van der Waals surface area contributed by atoms with Crippen LogP contribution in [0.25, 0.3) is 10.9 Å². The summed E-state index contributed by atoms with van der Waals surface area (Å²) in [5, 5.41) is 8.54. The quantitative estimate of drug-likeness (QED) is 0.457. The maximum Gasteiger partial charge on any atom is 0.261 e. The Balaban J connectivity index is 0.000000648. The van der Waals surface area contributed by atoms with Crippen LogP contribution < -0.4 is 10.2 Å². The molecule has 2 aliphatic rings. The number of amides is 1. The third-order valence-corrected chi connectivity index (χ3v) is 8.00. The van der Waals surface area contributed by atoms with Crippen LogP contribution in [0.5, 0.6) is 0 Å². The van der Waals surface area contributed by atoms with Gasteiger partial charge in [0.05, 0.1) is 11.6 Å². The van der Waals surface area contributed by atoms with Crippen LogP contribution in [0.3, 0.4) is 0 Å². The highest BCUT2D eigenvalue weighted by molar-refractivity contribution is 7.85. The second-order valence-corrected chi connectivity index (χ2v) is 13.2. The smallest absolute Gasteiger partial charge is 0.261 e. The second kappa shape index (κ2) is 10.9. The van der Waals surface area contributed by atoms with Crippen LogP contribution in [-0.2, 0) is 32.2 Å². The molecule has 1 aliphatic carbocycles. The third kappa shape index (κ3) is 6.45. The van der Waals surface area contributed by atoms with Gasteiger partial charge >= 0.3 is 0 Å². The van der Waals surface area contributed by atoms with Crippen LogP contribution in [0, 0.1) is 0 Å². The number of anilines is 1. The summed E-state index contributed by atoms with van der Waals surface area (Å²) in [4.78, 5) is 16.8. The molecule has 1 unspecified atom stereocenters. The number of carbonyl (C=O) groups is 1. The van der Waals surface area contributed by atoms with Crippen molar-refractivity contribution in [3.63, 3.8) is 0 Å². The van der Waals surface area contributed by atoms with Gasteiger partial charge in [-0.1, -0.05) is 63.2 Å². The number of hydrogen-bond acceptors (Lipinski definition) is 7. The second-order valence-electron chi connectivity index (χ2n) is 11.8. The molecule has 1 saturated heterocycles. The van der Waals surface area contributed by atoms with E-state index in [1.807, 2.05) is 18.2 Å². The highest BCUT2D eigenvalue weighted by Crippen LogP contribution is 2.49. The van der Waals surface area contributed by atoms with E-state index in [-0.39, 0.29) is 22.8 Å². The largest absolute Gasteiger partial charge is 0.352 e. The van der Waals surface area contributed by atoms with Crippen molar-refractivity contribution in [1.29, 1.82) is 0 Å². The molecular weight excluding hydrogens is 516 g/mol. The Hall–Kier alpha value is -2.95. The summed E-state index contributed by atoms with van der Waals surface area (Å²) < 4.78 is 31.5. The van der Waals surface area contributed by atoms with Gasteiger partial charge in [0, 0.05) is 56.5 Å². The fourth-order valence-electron chi connectivity index (χ4n) is 6.18. The Labute approximate surface area is 231 Å². The van der Waals surface area contributed by atoms with E-state index in [0.29, 0.717) is 6.26 Å². The van der Waals surface area contributed by atoms with Gasteiger partial charge in [-0.3, -0.25) is 14.2 Å². The van der Waals surface area contributed by atoms with E-state index in [1.165, 1.54) is 16.7 Å². The van der Waals surface area contributed by atoms with Gasteiger partial charge in [-0.2, -0.15) is 8.42 Å². The van der Waals surface area contributed by atoms with Crippen molar-refractivity contribution >= 4 is 32.8 Å². The SMILES string of the molecule is CC(=O)NC1C(C)(C)c2ccc(CCN3CCN(c4onc5ccccc45)CC3)cc2C1(C)C.CS(=O)(=O)O. The third-order valence-electron chi connectivity index (χ3n) is 8.00. The summed E-state index contributed by atoms with van der Waals surface area (Å²) in [6, 6.07) is 15.2. The van der Waals surface area contributed by atoms with Crippen molar-refractivity contribution in [3.8, 4) is 0 Å². The number of aromatic nitrogens is 1. The maximum absolute atomic E-state index is 11.9. The molecule has 2 N–H and O–H groups in total. The van der Waals surface area contributed by atoms with E-state index in [2.05, 4.69) is 72.2 Å². The predicted molar refractivity (Wildman–Crippen MR) is 154 cm³/mol. The summed E-state index contributed by atoms with van der Waals surface area (Å²) in [7, 11) is -3.67. The topological polar surface area (TPSA) is 116 Å². The molecule has 10 heteroatoms. The van der Waals surface area contributed by atoms with Crippen molar-refractivity contribution in [2.75, 3.05) is 43.9 Å². The standard InChI is InChI=1S/C28H36N4O2.CH4O3S/c1-19(33)29-26-27(2,3)22-11-10-20(18-23(22)28(26,4)5)12-13-31-14-16-32(17-15-31)25-21-8-6-7-9-24(21)30-34-25;1-5(2,3)4/h6-11,18,26H,12-17H2,1-5H3,(H,29,33);1H3,(H,2,3,4). The van der Waals surface area contributed by atoms with E-state index in [0.717, 1.165) is 55.9 Å². The van der Waals surface area contributed by atoms with Gasteiger partial charge < -0.3 is 14.7 Å². The minimum atomic E-state index is -3.67. The van der Waals surface area contributed by atoms with Crippen molar-refractivity contribution in [1.82, 2.24) is 15.4 Å². The van der Waals surface area contributed by atoms with E-state index >= 15 is 0 Å². The van der Waals surface area contributed by atoms with Gasteiger partial charge in [0.1, 0.15) is 5.52 Å². The molecule has 9 nitrogen and oxygen atoms in total. The fraction of sp³-hybridized carbons (Fsp3) is 0.517. The first-order chi connectivity index (χ1) is 18.2. The summed E-state index contributed by atoms with van der Waals surface area (Å²) in [6.07, 6.45) is 1.74. The number of hydrogen-bond donors (Lipinski definition) is 2. The average Bonchev–Trinajstić information content (AvgIpc) is 3.34. The molecule has 0 radical (unpaired) electrons. The number of nitrogens with zero attached hydrogens (tertiary/aromatic N) is 3.